The van der Waals surface area contributed by atoms with Crippen molar-refractivity contribution in [1.29, 1.82) is 0 Å². The monoisotopic (exact) mass is 242 g/mol. The largest absolute Gasteiger partial charge is 0.387 e. The summed E-state index contributed by atoms with van der Waals surface area (Å²) < 4.78 is 0. The molecule has 1 atom stereocenters. The molecule has 1 aliphatic rings. The van der Waals surface area contributed by atoms with Crippen LogP contribution in [-0.4, -0.2) is 40.9 Å². The second-order valence-corrected chi connectivity index (χ2v) is 6.45. The Kier molecular flexibility index (Phi) is 4.30. The van der Waals surface area contributed by atoms with Gasteiger partial charge in [-0.05, 0) is 20.8 Å². The molecule has 3 nitrogen and oxygen atoms in total. The number of nitrogens with zero attached hydrogens (tertiary/aromatic N) is 1. The minimum Gasteiger partial charge on any atom is -0.387 e. The lowest BCUT2D eigenvalue weighted by molar-refractivity contribution is -0.133. The summed E-state index contributed by atoms with van der Waals surface area (Å²) in [5.41, 5.74) is 0.887. The summed E-state index contributed by atoms with van der Waals surface area (Å²) >= 11 is 1.82. The molecule has 0 spiro atoms. The lowest BCUT2D eigenvalue weighted by atomic mass is 10.1. The number of hydrogen-bond acceptors (Lipinski definition) is 3. The number of amides is 1. The second-order valence-electron chi connectivity index (χ2n) is 5.14. The zero-order valence-corrected chi connectivity index (χ0v) is 11.5. The Labute approximate surface area is 103 Å². The van der Waals surface area contributed by atoms with Crippen LogP contribution in [0.3, 0.4) is 0 Å². The number of carbonyl (C=O) groups is 1. The van der Waals surface area contributed by atoms with E-state index in [2.05, 4.69) is 11.9 Å². The van der Waals surface area contributed by atoms with E-state index >= 15 is 0 Å². The van der Waals surface area contributed by atoms with Gasteiger partial charge >= 0.3 is 0 Å². The van der Waals surface area contributed by atoms with Gasteiger partial charge in [-0.3, -0.25) is 4.79 Å². The number of rotatable bonds is 2. The fourth-order valence-corrected chi connectivity index (χ4v) is 2.53. The van der Waals surface area contributed by atoms with Crippen LogP contribution in [0.25, 0.3) is 0 Å². The summed E-state index contributed by atoms with van der Waals surface area (Å²) in [6.07, 6.45) is 0.546. The van der Waals surface area contributed by atoms with E-state index in [-0.39, 0.29) is 16.7 Å². The summed E-state index contributed by atoms with van der Waals surface area (Å²) in [6.45, 7) is 11.1. The maximum absolute atomic E-state index is 12.0. The average Bonchev–Trinajstić information content (AvgIpc) is 2.19. The quantitative estimate of drug-likeness (QED) is 0.802. The molecule has 0 bridgehead atoms. The van der Waals surface area contributed by atoms with Gasteiger partial charge in [0.05, 0.1) is 5.25 Å². The van der Waals surface area contributed by atoms with Crippen LogP contribution in [-0.2, 0) is 4.79 Å². The Bertz CT molecular complexity index is 283. The molecular formula is C12H22N2OS. The third kappa shape index (κ3) is 3.44. The van der Waals surface area contributed by atoms with Crippen LogP contribution < -0.4 is 5.32 Å². The summed E-state index contributed by atoms with van der Waals surface area (Å²) in [7, 11) is 1.87. The van der Waals surface area contributed by atoms with Gasteiger partial charge in [-0.25, -0.2) is 0 Å². The van der Waals surface area contributed by atoms with Gasteiger partial charge in [0, 0.05) is 37.0 Å². The molecule has 0 saturated carbocycles. The van der Waals surface area contributed by atoms with Crippen molar-refractivity contribution >= 4 is 17.7 Å². The first-order valence-electron chi connectivity index (χ1n) is 5.63. The first-order valence-corrected chi connectivity index (χ1v) is 6.68. The van der Waals surface area contributed by atoms with Gasteiger partial charge < -0.3 is 10.2 Å². The van der Waals surface area contributed by atoms with Gasteiger partial charge in [-0.1, -0.05) is 6.58 Å². The fourth-order valence-electron chi connectivity index (χ4n) is 1.48. The van der Waals surface area contributed by atoms with E-state index in [4.69, 9.17) is 0 Å². The zero-order chi connectivity index (χ0) is 12.3. The topological polar surface area (TPSA) is 32.3 Å². The Morgan fingerprint density at radius 2 is 2.25 bits per heavy atom. The first kappa shape index (κ1) is 13.4. The smallest absolute Gasteiger partial charge is 0.224 e. The van der Waals surface area contributed by atoms with Crippen molar-refractivity contribution in [2.24, 2.45) is 0 Å². The summed E-state index contributed by atoms with van der Waals surface area (Å²) in [5, 5.41) is 3.46. The van der Waals surface area contributed by atoms with Crippen molar-refractivity contribution < 1.29 is 4.79 Å². The lowest BCUT2D eigenvalue weighted by Gasteiger charge is -2.34. The maximum atomic E-state index is 12.0. The van der Waals surface area contributed by atoms with Crippen LogP contribution in [0, 0.1) is 0 Å². The Morgan fingerprint density at radius 1 is 1.62 bits per heavy atom. The highest BCUT2D eigenvalue weighted by molar-refractivity contribution is 8.00. The number of hydrogen-bond donors (Lipinski definition) is 1. The van der Waals surface area contributed by atoms with Crippen molar-refractivity contribution in [2.45, 2.75) is 38.0 Å². The molecule has 0 radical (unpaired) electrons. The molecule has 0 aromatic rings. The van der Waals surface area contributed by atoms with Crippen LogP contribution in [0.15, 0.2) is 12.3 Å². The second kappa shape index (κ2) is 5.13. The number of nitrogens with one attached hydrogen (secondary N) is 1. The summed E-state index contributed by atoms with van der Waals surface area (Å²) in [6, 6.07) is 0. The van der Waals surface area contributed by atoms with Crippen LogP contribution in [0.5, 0.6) is 0 Å². The molecule has 92 valence electrons. The fraction of sp³-hybridized carbons (Fsp3) is 0.750. The minimum atomic E-state index is -0.106. The normalized spacial score (nSPS) is 21.5. The zero-order valence-electron chi connectivity index (χ0n) is 10.7. The van der Waals surface area contributed by atoms with Crippen molar-refractivity contribution in [3.8, 4) is 0 Å². The molecule has 1 aliphatic heterocycles. The van der Waals surface area contributed by atoms with Crippen molar-refractivity contribution in [2.75, 3.05) is 19.3 Å². The molecule has 4 heteroatoms. The Morgan fingerprint density at radius 3 is 2.75 bits per heavy atom. The Balaban J connectivity index is 2.53. The molecule has 1 heterocycles. The van der Waals surface area contributed by atoms with Gasteiger partial charge in [0.2, 0.25) is 5.91 Å². The standard InChI is InChI=1S/C12H22N2OS/c1-9-10(16-7-6-13-9)8-11(15)14(5)12(2,3)4/h10,13H,1,6-8H2,2-5H3. The SMILES string of the molecule is C=C1NCCSC1CC(=O)N(C)C(C)(C)C. The lowest BCUT2D eigenvalue weighted by Crippen LogP contribution is -2.44. The highest BCUT2D eigenvalue weighted by Gasteiger charge is 2.27. The minimum absolute atomic E-state index is 0.106. The summed E-state index contributed by atoms with van der Waals surface area (Å²) in [4.78, 5) is 13.9. The number of carbonyl (C=O) groups excluding carboxylic acids is 1. The molecule has 0 aliphatic carbocycles. The predicted octanol–water partition coefficient (Wildman–Crippen LogP) is 1.85. The molecule has 16 heavy (non-hydrogen) atoms. The molecular weight excluding hydrogens is 220 g/mol. The van der Waals surface area contributed by atoms with Gasteiger partial charge in [-0.15, -0.1) is 11.8 Å². The van der Waals surface area contributed by atoms with E-state index in [9.17, 15) is 4.79 Å². The van der Waals surface area contributed by atoms with E-state index in [1.165, 1.54) is 0 Å². The van der Waals surface area contributed by atoms with Gasteiger partial charge in [0.1, 0.15) is 0 Å². The van der Waals surface area contributed by atoms with E-state index in [1.54, 1.807) is 0 Å². The van der Waals surface area contributed by atoms with Crippen molar-refractivity contribution in [3.63, 3.8) is 0 Å². The third-order valence-corrected chi connectivity index (χ3v) is 4.20. The first-order chi connectivity index (χ1) is 7.32. The molecule has 1 unspecified atom stereocenters. The Hall–Kier alpha value is -0.640. The number of thioether (sulfide) groups is 1. The van der Waals surface area contributed by atoms with E-state index in [1.807, 2.05) is 44.5 Å². The molecule has 1 saturated heterocycles. The van der Waals surface area contributed by atoms with Gasteiger partial charge in [-0.2, -0.15) is 0 Å². The van der Waals surface area contributed by atoms with Gasteiger partial charge in [0.25, 0.3) is 0 Å². The van der Waals surface area contributed by atoms with Crippen LogP contribution in [0.1, 0.15) is 27.2 Å². The van der Waals surface area contributed by atoms with Crippen LogP contribution >= 0.6 is 11.8 Å². The molecule has 0 aromatic heterocycles. The van der Waals surface area contributed by atoms with Crippen LogP contribution in [0.4, 0.5) is 0 Å². The third-order valence-electron chi connectivity index (χ3n) is 2.90. The highest BCUT2D eigenvalue weighted by atomic mass is 32.2. The predicted molar refractivity (Wildman–Crippen MR) is 70.5 cm³/mol. The molecule has 1 fully saturated rings. The van der Waals surface area contributed by atoms with E-state index < -0.39 is 0 Å². The molecule has 1 N–H and O–H groups in total. The molecule has 0 aromatic carbocycles. The molecule has 1 rings (SSSR count). The molecule has 1 amide bonds. The maximum Gasteiger partial charge on any atom is 0.224 e. The van der Waals surface area contributed by atoms with Crippen molar-refractivity contribution in [1.82, 2.24) is 10.2 Å². The van der Waals surface area contributed by atoms with Crippen molar-refractivity contribution in [3.05, 3.63) is 12.3 Å². The van der Waals surface area contributed by atoms with Crippen LogP contribution in [0.2, 0.25) is 0 Å². The van der Waals surface area contributed by atoms with Gasteiger partial charge in [0.15, 0.2) is 0 Å². The van der Waals surface area contributed by atoms with E-state index in [0.717, 1.165) is 18.0 Å². The summed E-state index contributed by atoms with van der Waals surface area (Å²) in [5.74, 6) is 1.24. The average molecular weight is 242 g/mol. The highest BCUT2D eigenvalue weighted by Crippen LogP contribution is 2.25. The van der Waals surface area contributed by atoms with E-state index in [0.29, 0.717) is 6.42 Å².